The molecule has 0 radical (unpaired) electrons. The largest absolute Gasteiger partial charge is 0.340 e. The molecule has 5 rings (SSSR count). The van der Waals surface area contributed by atoms with Gasteiger partial charge in [-0.1, -0.05) is 12.1 Å². The van der Waals surface area contributed by atoms with Crippen molar-refractivity contribution in [2.45, 2.75) is 6.42 Å². The Balaban J connectivity index is 1.25. The molecule has 1 amide bonds. The maximum absolute atomic E-state index is 13.4. The highest BCUT2D eigenvalue weighted by Gasteiger charge is 2.42. The van der Waals surface area contributed by atoms with Crippen LogP contribution in [0.25, 0.3) is 10.9 Å². The Morgan fingerprint density at radius 1 is 1.18 bits per heavy atom. The molecule has 9 heteroatoms. The van der Waals surface area contributed by atoms with Gasteiger partial charge in [-0.2, -0.15) is 5.10 Å². The number of halogens is 1. The number of hydrazone groups is 1. The van der Waals surface area contributed by atoms with Gasteiger partial charge < -0.3 is 15.2 Å². The first-order chi connectivity index (χ1) is 16.1. The molecule has 2 aliphatic rings. The van der Waals surface area contributed by atoms with Crippen LogP contribution in [-0.2, 0) is 0 Å². The second-order valence-corrected chi connectivity index (χ2v) is 8.42. The van der Waals surface area contributed by atoms with Gasteiger partial charge in [-0.05, 0) is 30.3 Å². The minimum absolute atomic E-state index is 0.00899. The van der Waals surface area contributed by atoms with Crippen LogP contribution in [0.4, 0.5) is 16.0 Å². The molecule has 2 saturated heterocycles. The number of anilines is 2. The van der Waals surface area contributed by atoms with Crippen LogP contribution in [0.2, 0.25) is 0 Å². The lowest BCUT2D eigenvalue weighted by Gasteiger charge is -2.22. The van der Waals surface area contributed by atoms with E-state index in [0.717, 1.165) is 18.6 Å². The van der Waals surface area contributed by atoms with E-state index >= 15 is 0 Å². The lowest BCUT2D eigenvalue weighted by molar-refractivity contribution is 0.0783. The van der Waals surface area contributed by atoms with Crippen LogP contribution in [0.1, 0.15) is 16.8 Å². The van der Waals surface area contributed by atoms with Crippen LogP contribution in [0.15, 0.2) is 53.8 Å². The predicted octanol–water partition coefficient (Wildman–Crippen LogP) is 3.41. The molecule has 2 N–H and O–H groups in total. The highest BCUT2D eigenvalue weighted by molar-refractivity contribution is 6.00. The average molecular weight is 446 g/mol. The molecule has 3 aromatic rings. The van der Waals surface area contributed by atoms with E-state index in [1.807, 2.05) is 29.2 Å². The van der Waals surface area contributed by atoms with Crippen molar-refractivity contribution in [1.29, 1.82) is 5.41 Å². The Hall–Kier alpha value is -3.88. The second kappa shape index (κ2) is 8.93. The van der Waals surface area contributed by atoms with Crippen molar-refractivity contribution in [2.75, 3.05) is 36.5 Å². The fraction of sp³-hybridized carbons (Fsp3) is 0.292. The van der Waals surface area contributed by atoms with E-state index in [0.29, 0.717) is 53.9 Å². The number of nitrogens with zero attached hydrogens (tertiary/aromatic N) is 5. The molecule has 0 aliphatic carbocycles. The molecule has 1 aromatic heterocycles. The first-order valence-electron chi connectivity index (χ1n) is 10.9. The zero-order chi connectivity index (χ0) is 22.8. The van der Waals surface area contributed by atoms with Gasteiger partial charge in [0.1, 0.15) is 5.82 Å². The minimum atomic E-state index is -0.297. The summed E-state index contributed by atoms with van der Waals surface area (Å²) in [6.07, 6.45) is 4.96. The lowest BCUT2D eigenvalue weighted by atomic mass is 10.0. The molecule has 0 bridgehead atoms. The number of benzene rings is 2. The van der Waals surface area contributed by atoms with Crippen LogP contribution < -0.4 is 10.3 Å². The maximum atomic E-state index is 13.4. The molecular formula is C24H24FN7O. The third-order valence-corrected chi connectivity index (χ3v) is 6.24. The summed E-state index contributed by atoms with van der Waals surface area (Å²) in [5.74, 6) is 1.05. The van der Waals surface area contributed by atoms with Gasteiger partial charge in [0, 0.05) is 68.4 Å². The van der Waals surface area contributed by atoms with Gasteiger partial charge in [0.15, 0.2) is 0 Å². The fourth-order valence-corrected chi connectivity index (χ4v) is 4.63. The number of rotatable bonds is 6. The topological polar surface area (TPSA) is 97.6 Å². The fourth-order valence-electron chi connectivity index (χ4n) is 4.63. The summed E-state index contributed by atoms with van der Waals surface area (Å²) in [7, 11) is 0. The van der Waals surface area contributed by atoms with Crippen molar-refractivity contribution >= 4 is 40.9 Å². The van der Waals surface area contributed by atoms with Crippen molar-refractivity contribution in [3.8, 4) is 0 Å². The number of hydrogen-bond acceptors (Lipinski definition) is 7. The standard InChI is InChI=1S/C24H24FN7O/c25-19-6-7-21-16(10-19)11-27-24(29-21)32-14-17-12-31(13-18(17)15-32)23(33)20-4-1-2-5-22(20)30-28-9-3-8-26/h1-2,4-11,17-18,26,30H,3,12-15H2/b26-8?,28-9-. The third-order valence-electron chi connectivity index (χ3n) is 6.24. The number of fused-ring (bicyclic) bond motifs is 2. The summed E-state index contributed by atoms with van der Waals surface area (Å²) in [5.41, 5.74) is 4.89. The summed E-state index contributed by atoms with van der Waals surface area (Å²) in [5, 5.41) is 11.8. The van der Waals surface area contributed by atoms with E-state index in [1.54, 1.807) is 18.5 Å². The Kier molecular flexibility index (Phi) is 5.68. The predicted molar refractivity (Wildman–Crippen MR) is 127 cm³/mol. The molecule has 2 aromatic carbocycles. The number of carbonyl (C=O) groups excluding carboxylic acids is 1. The SMILES string of the molecule is N=CC/C=N\Nc1ccccc1C(=O)N1CC2CN(c3ncc4cc(F)ccc4n3)CC2C1. The molecule has 3 heterocycles. The molecule has 0 spiro atoms. The number of likely N-dealkylation sites (tertiary alicyclic amines) is 1. The lowest BCUT2D eigenvalue weighted by Crippen LogP contribution is -2.34. The van der Waals surface area contributed by atoms with E-state index in [9.17, 15) is 9.18 Å². The van der Waals surface area contributed by atoms with Crippen molar-refractivity contribution in [2.24, 2.45) is 16.9 Å². The van der Waals surface area contributed by atoms with Crippen LogP contribution in [0.5, 0.6) is 0 Å². The highest BCUT2D eigenvalue weighted by atomic mass is 19.1. The number of carbonyl (C=O) groups is 1. The van der Waals surface area contributed by atoms with Gasteiger partial charge in [0.2, 0.25) is 5.95 Å². The molecule has 8 nitrogen and oxygen atoms in total. The van der Waals surface area contributed by atoms with Gasteiger partial charge in [-0.3, -0.25) is 10.2 Å². The molecule has 2 atom stereocenters. The van der Waals surface area contributed by atoms with Gasteiger partial charge in [0.05, 0.1) is 16.8 Å². The van der Waals surface area contributed by atoms with Crippen LogP contribution in [0, 0.1) is 23.1 Å². The molecule has 2 unspecified atom stereocenters. The highest BCUT2D eigenvalue weighted by Crippen LogP contribution is 2.34. The minimum Gasteiger partial charge on any atom is -0.340 e. The van der Waals surface area contributed by atoms with Crippen molar-refractivity contribution < 1.29 is 9.18 Å². The quantitative estimate of drug-likeness (QED) is 0.448. The van der Waals surface area contributed by atoms with Crippen molar-refractivity contribution in [1.82, 2.24) is 14.9 Å². The van der Waals surface area contributed by atoms with E-state index < -0.39 is 0 Å². The summed E-state index contributed by atoms with van der Waals surface area (Å²) in [6, 6.07) is 11.9. The number of amides is 1. The Bertz CT molecular complexity index is 1220. The smallest absolute Gasteiger partial charge is 0.256 e. The number of nitrogens with one attached hydrogen (secondary N) is 2. The molecular weight excluding hydrogens is 421 g/mol. The van der Waals surface area contributed by atoms with E-state index in [2.05, 4.69) is 25.4 Å². The second-order valence-electron chi connectivity index (χ2n) is 8.42. The van der Waals surface area contributed by atoms with Crippen molar-refractivity contribution in [3.05, 3.63) is 60.0 Å². The van der Waals surface area contributed by atoms with Gasteiger partial charge >= 0.3 is 0 Å². The zero-order valence-corrected chi connectivity index (χ0v) is 18.0. The monoisotopic (exact) mass is 445 g/mol. The molecule has 168 valence electrons. The Morgan fingerprint density at radius 2 is 1.97 bits per heavy atom. The van der Waals surface area contributed by atoms with Crippen LogP contribution in [-0.4, -0.2) is 59.4 Å². The Labute approximate surface area is 190 Å². The normalized spacial score (nSPS) is 19.9. The third kappa shape index (κ3) is 4.26. The molecule has 33 heavy (non-hydrogen) atoms. The maximum Gasteiger partial charge on any atom is 0.256 e. The van der Waals surface area contributed by atoms with Crippen LogP contribution >= 0.6 is 0 Å². The van der Waals surface area contributed by atoms with E-state index in [-0.39, 0.29) is 11.7 Å². The number of aromatic nitrogens is 2. The summed E-state index contributed by atoms with van der Waals surface area (Å²) >= 11 is 0. The summed E-state index contributed by atoms with van der Waals surface area (Å²) in [6.45, 7) is 2.94. The van der Waals surface area contributed by atoms with Crippen molar-refractivity contribution in [3.63, 3.8) is 0 Å². The molecule has 2 aliphatic heterocycles. The summed E-state index contributed by atoms with van der Waals surface area (Å²) in [4.78, 5) is 26.4. The average Bonchev–Trinajstić information content (AvgIpc) is 3.41. The van der Waals surface area contributed by atoms with Crippen LogP contribution in [0.3, 0.4) is 0 Å². The van der Waals surface area contributed by atoms with E-state index in [1.165, 1.54) is 18.3 Å². The molecule has 2 fully saturated rings. The number of hydrogen-bond donors (Lipinski definition) is 2. The van der Waals surface area contributed by atoms with E-state index in [4.69, 9.17) is 5.41 Å². The summed E-state index contributed by atoms with van der Waals surface area (Å²) < 4.78 is 13.4. The zero-order valence-electron chi connectivity index (χ0n) is 18.0. The van der Waals surface area contributed by atoms with Gasteiger partial charge in [-0.25, -0.2) is 14.4 Å². The first kappa shape index (κ1) is 21.0. The number of para-hydroxylation sites is 1. The van der Waals surface area contributed by atoms with Gasteiger partial charge in [-0.15, -0.1) is 0 Å². The van der Waals surface area contributed by atoms with Gasteiger partial charge in [0.25, 0.3) is 5.91 Å². The first-order valence-corrected chi connectivity index (χ1v) is 10.9. The Morgan fingerprint density at radius 3 is 2.76 bits per heavy atom. The molecule has 0 saturated carbocycles.